The maximum Gasteiger partial charge on any atom is 0.409 e. The molecule has 0 bridgehead atoms. The standard InChI is InChI=1S/C22H20ClF2N3O4/c1-10-2-4-16(32-22(26)31)18(20(10)23)11-8-28(9-11)12-6-14(24)19(15(25)7-12)13-3-5-17(29)27-21(13)30/h2,4,6-7,11,13H,3,5,8-9H2,1H3,(H2,26,31)(H,27,29,30). The van der Waals surface area contributed by atoms with Gasteiger partial charge in [0.15, 0.2) is 0 Å². The number of amides is 3. The number of nitrogens with one attached hydrogen (secondary N) is 1. The molecule has 2 aliphatic heterocycles. The summed E-state index contributed by atoms with van der Waals surface area (Å²) in [6, 6.07) is 5.67. The van der Waals surface area contributed by atoms with Crippen molar-refractivity contribution in [1.29, 1.82) is 0 Å². The highest BCUT2D eigenvalue weighted by Gasteiger charge is 2.36. The number of hydrogen-bond donors (Lipinski definition) is 2. The molecule has 2 aromatic carbocycles. The fourth-order valence-electron chi connectivity index (χ4n) is 4.19. The first-order valence-corrected chi connectivity index (χ1v) is 10.4. The molecular formula is C22H20ClF2N3O4. The number of rotatable bonds is 4. The van der Waals surface area contributed by atoms with Gasteiger partial charge in [-0.2, -0.15) is 0 Å². The Bertz CT molecular complexity index is 1110. The highest BCUT2D eigenvalue weighted by molar-refractivity contribution is 6.32. The number of halogens is 3. The topological polar surface area (TPSA) is 102 Å². The van der Waals surface area contributed by atoms with E-state index < -0.39 is 35.5 Å². The van der Waals surface area contributed by atoms with E-state index in [4.69, 9.17) is 22.1 Å². The van der Waals surface area contributed by atoms with Crippen molar-refractivity contribution in [1.82, 2.24) is 5.32 Å². The number of anilines is 1. The second kappa shape index (κ2) is 8.38. The molecule has 2 aliphatic rings. The van der Waals surface area contributed by atoms with Gasteiger partial charge in [-0.1, -0.05) is 17.7 Å². The van der Waals surface area contributed by atoms with Crippen LogP contribution < -0.4 is 20.7 Å². The molecule has 2 heterocycles. The average Bonchev–Trinajstić information content (AvgIpc) is 2.66. The van der Waals surface area contributed by atoms with Gasteiger partial charge in [-0.15, -0.1) is 0 Å². The highest BCUT2D eigenvalue weighted by Crippen LogP contribution is 2.42. The summed E-state index contributed by atoms with van der Waals surface area (Å²) in [7, 11) is 0. The van der Waals surface area contributed by atoms with Crippen LogP contribution in [0.5, 0.6) is 5.75 Å². The molecule has 1 unspecified atom stereocenters. The van der Waals surface area contributed by atoms with Crippen LogP contribution in [0.25, 0.3) is 0 Å². The number of carbonyl (C=O) groups excluding carboxylic acids is 3. The average molecular weight is 464 g/mol. The molecule has 2 saturated heterocycles. The van der Waals surface area contributed by atoms with E-state index >= 15 is 0 Å². The van der Waals surface area contributed by atoms with Gasteiger partial charge < -0.3 is 15.4 Å². The lowest BCUT2D eigenvalue weighted by atomic mass is 9.87. The number of nitrogens with two attached hydrogens (primary N) is 1. The molecular weight excluding hydrogens is 444 g/mol. The van der Waals surface area contributed by atoms with Gasteiger partial charge >= 0.3 is 6.09 Å². The third-order valence-corrected chi connectivity index (χ3v) is 6.35. The Morgan fingerprint density at radius 2 is 1.84 bits per heavy atom. The van der Waals surface area contributed by atoms with Crippen LogP contribution in [0.15, 0.2) is 24.3 Å². The Hall–Kier alpha value is -3.20. The van der Waals surface area contributed by atoms with Crippen LogP contribution in [0, 0.1) is 18.6 Å². The van der Waals surface area contributed by atoms with Gasteiger partial charge in [0, 0.05) is 42.2 Å². The van der Waals surface area contributed by atoms with Gasteiger partial charge in [0.25, 0.3) is 0 Å². The number of ether oxygens (including phenoxy) is 1. The maximum atomic E-state index is 14.8. The van der Waals surface area contributed by atoms with Crippen LogP contribution in [-0.4, -0.2) is 31.0 Å². The van der Waals surface area contributed by atoms with Gasteiger partial charge in [0.2, 0.25) is 11.8 Å². The predicted molar refractivity (Wildman–Crippen MR) is 113 cm³/mol. The van der Waals surface area contributed by atoms with Crippen LogP contribution in [0.2, 0.25) is 5.02 Å². The molecule has 0 spiro atoms. The zero-order chi connectivity index (χ0) is 23.2. The van der Waals surface area contributed by atoms with Crippen molar-refractivity contribution in [2.45, 2.75) is 31.6 Å². The zero-order valence-corrected chi connectivity index (χ0v) is 17.8. The molecule has 0 aromatic heterocycles. The fourth-order valence-corrected chi connectivity index (χ4v) is 4.50. The van der Waals surface area contributed by atoms with Gasteiger partial charge in [0.05, 0.1) is 10.9 Å². The zero-order valence-electron chi connectivity index (χ0n) is 17.1. The molecule has 4 rings (SSSR count). The van der Waals surface area contributed by atoms with Gasteiger partial charge in [-0.25, -0.2) is 13.6 Å². The maximum absolute atomic E-state index is 14.8. The monoisotopic (exact) mass is 463 g/mol. The minimum atomic E-state index is -1.05. The van der Waals surface area contributed by atoms with Crippen molar-refractivity contribution in [2.75, 3.05) is 18.0 Å². The molecule has 7 nitrogen and oxygen atoms in total. The summed E-state index contributed by atoms with van der Waals surface area (Å²) in [5, 5.41) is 2.56. The molecule has 1 atom stereocenters. The second-order valence-electron chi connectivity index (χ2n) is 7.96. The molecule has 32 heavy (non-hydrogen) atoms. The normalized spacial score (nSPS) is 18.9. The summed E-state index contributed by atoms with van der Waals surface area (Å²) in [5.74, 6) is -3.78. The Kier molecular flexibility index (Phi) is 5.77. The molecule has 168 valence electrons. The summed E-state index contributed by atoms with van der Waals surface area (Å²) in [6.45, 7) is 2.58. The minimum absolute atomic E-state index is 0.0256. The van der Waals surface area contributed by atoms with E-state index in [9.17, 15) is 23.2 Å². The molecule has 3 N–H and O–H groups in total. The SMILES string of the molecule is Cc1ccc(OC(N)=O)c(C2CN(c3cc(F)c(C4CCC(=O)NC4=O)c(F)c3)C2)c1Cl. The molecule has 2 aromatic rings. The largest absolute Gasteiger partial charge is 0.410 e. The predicted octanol–water partition coefficient (Wildman–Crippen LogP) is 3.51. The van der Waals surface area contributed by atoms with Gasteiger partial charge in [0.1, 0.15) is 17.4 Å². The van der Waals surface area contributed by atoms with Crippen LogP contribution >= 0.6 is 11.6 Å². The van der Waals surface area contributed by atoms with Crippen molar-refractivity contribution in [3.05, 3.63) is 57.6 Å². The van der Waals surface area contributed by atoms with E-state index in [-0.39, 0.29) is 30.1 Å². The first-order chi connectivity index (χ1) is 15.2. The molecule has 0 radical (unpaired) electrons. The summed E-state index contributed by atoms with van der Waals surface area (Å²) in [5.41, 5.74) is 6.52. The van der Waals surface area contributed by atoms with Crippen LogP contribution in [0.3, 0.4) is 0 Å². The van der Waals surface area contributed by atoms with Crippen molar-refractivity contribution in [3.8, 4) is 5.75 Å². The van der Waals surface area contributed by atoms with Gasteiger partial charge in [-0.05, 0) is 37.1 Å². The van der Waals surface area contributed by atoms with Crippen molar-refractivity contribution in [3.63, 3.8) is 0 Å². The van der Waals surface area contributed by atoms with Crippen molar-refractivity contribution >= 4 is 35.2 Å². The molecule has 0 aliphatic carbocycles. The second-order valence-corrected chi connectivity index (χ2v) is 8.34. The lowest BCUT2D eigenvalue weighted by Crippen LogP contribution is -2.45. The van der Waals surface area contributed by atoms with E-state index in [0.29, 0.717) is 29.4 Å². The minimum Gasteiger partial charge on any atom is -0.410 e. The summed E-state index contributed by atoms with van der Waals surface area (Å²) in [4.78, 5) is 36.3. The number of imide groups is 1. The van der Waals surface area contributed by atoms with Crippen molar-refractivity contribution in [2.24, 2.45) is 5.73 Å². The van der Waals surface area contributed by atoms with E-state index in [2.05, 4.69) is 5.32 Å². The number of hydrogen-bond acceptors (Lipinski definition) is 5. The molecule has 0 saturated carbocycles. The quantitative estimate of drug-likeness (QED) is 0.676. The van der Waals surface area contributed by atoms with Crippen LogP contribution in [-0.2, 0) is 9.59 Å². The lowest BCUT2D eigenvalue weighted by molar-refractivity contribution is -0.134. The highest BCUT2D eigenvalue weighted by atomic mass is 35.5. The molecule has 3 amide bonds. The third-order valence-electron chi connectivity index (χ3n) is 5.85. The van der Waals surface area contributed by atoms with E-state index in [1.165, 1.54) is 12.1 Å². The number of primary amides is 1. The summed E-state index contributed by atoms with van der Waals surface area (Å²) < 4.78 is 34.7. The van der Waals surface area contributed by atoms with Crippen LogP contribution in [0.1, 0.15) is 41.4 Å². The van der Waals surface area contributed by atoms with Gasteiger partial charge in [-0.3, -0.25) is 14.9 Å². The third kappa shape index (κ3) is 4.00. The number of benzene rings is 2. The number of carbonyl (C=O) groups is 3. The van der Waals surface area contributed by atoms with Crippen molar-refractivity contribution < 1.29 is 27.9 Å². The number of piperidine rings is 1. The number of aryl methyl sites for hydroxylation is 1. The number of nitrogens with zero attached hydrogens (tertiary/aromatic N) is 1. The van der Waals surface area contributed by atoms with E-state index in [1.807, 2.05) is 6.92 Å². The van der Waals surface area contributed by atoms with E-state index in [1.54, 1.807) is 17.0 Å². The van der Waals surface area contributed by atoms with E-state index in [0.717, 1.165) is 5.56 Å². The first kappa shape index (κ1) is 22.0. The lowest BCUT2D eigenvalue weighted by Gasteiger charge is -2.42. The summed E-state index contributed by atoms with van der Waals surface area (Å²) >= 11 is 6.43. The summed E-state index contributed by atoms with van der Waals surface area (Å²) in [6.07, 6.45) is -0.883. The molecule has 10 heteroatoms. The Morgan fingerprint density at radius 3 is 2.44 bits per heavy atom. The Morgan fingerprint density at radius 1 is 1.19 bits per heavy atom. The van der Waals surface area contributed by atoms with Crippen LogP contribution in [0.4, 0.5) is 19.3 Å². The first-order valence-electron chi connectivity index (χ1n) is 9.99. The Labute approximate surface area is 187 Å². The Balaban J connectivity index is 1.55. The molecule has 2 fully saturated rings. The smallest absolute Gasteiger partial charge is 0.409 e. The fraction of sp³-hybridized carbons (Fsp3) is 0.318.